The predicted octanol–water partition coefficient (Wildman–Crippen LogP) is 3.60. The van der Waals surface area contributed by atoms with Crippen LogP contribution in [0.1, 0.15) is 24.0 Å². The number of aryl methyl sites for hydroxylation is 1. The van der Waals surface area contributed by atoms with E-state index in [9.17, 15) is 4.79 Å². The van der Waals surface area contributed by atoms with E-state index in [1.165, 1.54) is 5.56 Å². The number of benzene rings is 1. The number of anilines is 1. The molecule has 5 nitrogen and oxygen atoms in total. The van der Waals surface area contributed by atoms with Gasteiger partial charge >= 0.3 is 0 Å². The van der Waals surface area contributed by atoms with Gasteiger partial charge in [-0.05, 0) is 56.5 Å². The highest BCUT2D eigenvalue weighted by Gasteiger charge is 2.21. The molecule has 1 aromatic carbocycles. The highest BCUT2D eigenvalue weighted by molar-refractivity contribution is 5.94. The smallest absolute Gasteiger partial charge is 0.241 e. The van der Waals surface area contributed by atoms with Gasteiger partial charge in [0.05, 0.1) is 17.9 Å². The van der Waals surface area contributed by atoms with Crippen molar-refractivity contribution in [2.45, 2.75) is 32.7 Å². The van der Waals surface area contributed by atoms with E-state index in [-0.39, 0.29) is 24.4 Å². The van der Waals surface area contributed by atoms with Gasteiger partial charge in [-0.25, -0.2) is 4.98 Å². The number of rotatable bonds is 4. The van der Waals surface area contributed by atoms with Crippen molar-refractivity contribution < 1.29 is 9.53 Å². The van der Waals surface area contributed by atoms with Gasteiger partial charge in [-0.2, -0.15) is 0 Å². The third kappa shape index (κ3) is 4.24. The predicted molar refractivity (Wildman–Crippen MR) is 97.1 cm³/mol. The minimum absolute atomic E-state index is 0. The summed E-state index contributed by atoms with van der Waals surface area (Å²) in [5.41, 5.74) is 2.95. The number of hydrogen-bond donors (Lipinski definition) is 2. The lowest BCUT2D eigenvalue weighted by Gasteiger charge is -2.12. The number of hydrogen-bond acceptors (Lipinski definition) is 4. The minimum atomic E-state index is -0.0964. The fraction of sp³-hybridized carbons (Fsp3) is 0.333. The Hall–Kier alpha value is -2.11. The molecule has 3 rings (SSSR count). The molecular weight excluding hydrogens is 326 g/mol. The molecule has 2 heterocycles. The molecule has 0 spiro atoms. The van der Waals surface area contributed by atoms with Crippen molar-refractivity contribution in [2.24, 2.45) is 0 Å². The molecule has 0 aliphatic carbocycles. The number of amides is 1. The summed E-state index contributed by atoms with van der Waals surface area (Å²) in [5, 5.41) is 6.05. The van der Waals surface area contributed by atoms with Crippen molar-refractivity contribution in [3.05, 3.63) is 47.7 Å². The molecule has 1 aliphatic rings. The summed E-state index contributed by atoms with van der Waals surface area (Å²) < 4.78 is 5.81. The van der Waals surface area contributed by atoms with Crippen molar-refractivity contribution in [3.63, 3.8) is 0 Å². The van der Waals surface area contributed by atoms with E-state index in [4.69, 9.17) is 4.74 Å². The Bertz CT molecular complexity index is 698. The molecule has 1 aliphatic heterocycles. The van der Waals surface area contributed by atoms with Gasteiger partial charge in [-0.15, -0.1) is 12.4 Å². The summed E-state index contributed by atoms with van der Waals surface area (Å²) >= 11 is 0. The van der Waals surface area contributed by atoms with Crippen LogP contribution in [0.5, 0.6) is 11.6 Å². The summed E-state index contributed by atoms with van der Waals surface area (Å²) in [6.07, 6.45) is 3.54. The maximum atomic E-state index is 12.0. The van der Waals surface area contributed by atoms with Gasteiger partial charge in [0.1, 0.15) is 5.75 Å². The lowest BCUT2D eigenvalue weighted by molar-refractivity contribution is -0.117. The molecule has 1 aromatic heterocycles. The molecule has 1 saturated heterocycles. The van der Waals surface area contributed by atoms with Crippen LogP contribution in [0.3, 0.4) is 0 Å². The first-order valence-corrected chi connectivity index (χ1v) is 7.88. The Kier molecular flexibility index (Phi) is 6.17. The van der Waals surface area contributed by atoms with Gasteiger partial charge in [-0.3, -0.25) is 4.79 Å². The normalized spacial score (nSPS) is 16.3. The van der Waals surface area contributed by atoms with Gasteiger partial charge in [-0.1, -0.05) is 12.1 Å². The van der Waals surface area contributed by atoms with Crippen molar-refractivity contribution in [3.8, 4) is 11.6 Å². The van der Waals surface area contributed by atoms with E-state index >= 15 is 0 Å². The van der Waals surface area contributed by atoms with Crippen molar-refractivity contribution in [2.75, 3.05) is 11.9 Å². The Balaban J connectivity index is 0.00000208. The second kappa shape index (κ2) is 8.13. The molecule has 1 unspecified atom stereocenters. The molecule has 0 saturated carbocycles. The maximum absolute atomic E-state index is 12.0. The van der Waals surface area contributed by atoms with Crippen LogP contribution in [0.2, 0.25) is 0 Å². The monoisotopic (exact) mass is 347 g/mol. The van der Waals surface area contributed by atoms with E-state index < -0.39 is 0 Å². The highest BCUT2D eigenvalue weighted by Crippen LogP contribution is 2.26. The summed E-state index contributed by atoms with van der Waals surface area (Å²) in [4.78, 5) is 16.3. The maximum Gasteiger partial charge on any atom is 0.241 e. The van der Waals surface area contributed by atoms with E-state index in [0.29, 0.717) is 11.6 Å². The number of nitrogens with zero attached hydrogens (tertiary/aromatic N) is 1. The second-order valence-corrected chi connectivity index (χ2v) is 5.82. The number of nitrogens with one attached hydrogen (secondary N) is 2. The van der Waals surface area contributed by atoms with Crippen LogP contribution < -0.4 is 15.4 Å². The first-order chi connectivity index (χ1) is 11.1. The van der Waals surface area contributed by atoms with Crippen LogP contribution in [0, 0.1) is 13.8 Å². The number of aromatic nitrogens is 1. The number of pyridine rings is 1. The van der Waals surface area contributed by atoms with Crippen LogP contribution in [0.15, 0.2) is 36.5 Å². The van der Waals surface area contributed by atoms with Crippen LogP contribution in [0.25, 0.3) is 0 Å². The van der Waals surface area contributed by atoms with Gasteiger partial charge < -0.3 is 15.4 Å². The SMILES string of the molecule is Cc1cccc(Oc2ccc(NC(=O)C3CCCN3)cn2)c1C.Cl. The van der Waals surface area contributed by atoms with Crippen molar-refractivity contribution in [1.29, 1.82) is 0 Å². The fourth-order valence-electron chi connectivity index (χ4n) is 2.60. The molecule has 0 radical (unpaired) electrons. The molecule has 2 N–H and O–H groups in total. The summed E-state index contributed by atoms with van der Waals surface area (Å²) in [5.74, 6) is 1.30. The second-order valence-electron chi connectivity index (χ2n) is 5.82. The summed E-state index contributed by atoms with van der Waals surface area (Å²) in [6, 6.07) is 9.40. The van der Waals surface area contributed by atoms with Gasteiger partial charge in [0.15, 0.2) is 0 Å². The van der Waals surface area contributed by atoms with Gasteiger partial charge in [0.2, 0.25) is 11.8 Å². The quantitative estimate of drug-likeness (QED) is 0.887. The largest absolute Gasteiger partial charge is 0.439 e. The van der Waals surface area contributed by atoms with Crippen molar-refractivity contribution >= 4 is 24.0 Å². The molecule has 1 amide bonds. The molecule has 24 heavy (non-hydrogen) atoms. The van der Waals surface area contributed by atoms with Crippen molar-refractivity contribution in [1.82, 2.24) is 10.3 Å². The topological polar surface area (TPSA) is 63.2 Å². The van der Waals surface area contributed by atoms with E-state index in [0.717, 1.165) is 30.7 Å². The minimum Gasteiger partial charge on any atom is -0.439 e. The zero-order valence-corrected chi connectivity index (χ0v) is 14.7. The Morgan fingerprint density at radius 1 is 1.29 bits per heavy atom. The molecule has 0 bridgehead atoms. The third-order valence-electron chi connectivity index (χ3n) is 4.15. The van der Waals surface area contributed by atoms with Crippen LogP contribution >= 0.6 is 12.4 Å². The number of halogens is 1. The number of carbonyl (C=O) groups is 1. The van der Waals surface area contributed by atoms with Crippen LogP contribution in [0.4, 0.5) is 5.69 Å². The molecule has 2 aromatic rings. The van der Waals surface area contributed by atoms with E-state index in [1.54, 1.807) is 18.3 Å². The zero-order chi connectivity index (χ0) is 16.2. The Labute approximate surface area is 148 Å². The van der Waals surface area contributed by atoms with Gasteiger partial charge in [0.25, 0.3) is 0 Å². The molecule has 1 fully saturated rings. The highest BCUT2D eigenvalue weighted by atomic mass is 35.5. The number of ether oxygens (including phenoxy) is 1. The first kappa shape index (κ1) is 18.2. The van der Waals surface area contributed by atoms with E-state index in [1.807, 2.05) is 32.0 Å². The first-order valence-electron chi connectivity index (χ1n) is 7.88. The summed E-state index contributed by atoms with van der Waals surface area (Å²) in [7, 11) is 0. The number of carbonyl (C=O) groups excluding carboxylic acids is 1. The average molecular weight is 348 g/mol. The van der Waals surface area contributed by atoms with Gasteiger partial charge in [0, 0.05) is 6.07 Å². The molecule has 6 heteroatoms. The average Bonchev–Trinajstić information content (AvgIpc) is 3.08. The molecule has 128 valence electrons. The molecular formula is C18H22ClN3O2. The van der Waals surface area contributed by atoms with Crippen LogP contribution in [-0.2, 0) is 4.79 Å². The van der Waals surface area contributed by atoms with Crippen LogP contribution in [-0.4, -0.2) is 23.5 Å². The standard InChI is InChI=1S/C18H21N3O2.ClH/c1-12-5-3-7-16(13(12)2)23-17-9-8-14(11-20-17)21-18(22)15-6-4-10-19-15;/h3,5,7-9,11,15,19H,4,6,10H2,1-2H3,(H,21,22);1H. The molecule has 1 atom stereocenters. The fourth-order valence-corrected chi connectivity index (χ4v) is 2.60. The Morgan fingerprint density at radius 2 is 2.12 bits per heavy atom. The Morgan fingerprint density at radius 3 is 2.79 bits per heavy atom. The zero-order valence-electron chi connectivity index (χ0n) is 13.8. The van der Waals surface area contributed by atoms with E-state index in [2.05, 4.69) is 15.6 Å². The third-order valence-corrected chi connectivity index (χ3v) is 4.15. The lowest BCUT2D eigenvalue weighted by Crippen LogP contribution is -2.35. The lowest BCUT2D eigenvalue weighted by atomic mass is 10.1. The summed E-state index contributed by atoms with van der Waals surface area (Å²) in [6.45, 7) is 4.97.